The van der Waals surface area contributed by atoms with Crippen LogP contribution in [0.4, 0.5) is 5.69 Å². The van der Waals surface area contributed by atoms with Crippen LogP contribution in [0.3, 0.4) is 0 Å². The summed E-state index contributed by atoms with van der Waals surface area (Å²) in [5.41, 5.74) is 0.768. The molecule has 0 amide bonds. The summed E-state index contributed by atoms with van der Waals surface area (Å²) in [5.74, 6) is 0. The summed E-state index contributed by atoms with van der Waals surface area (Å²) in [5, 5.41) is 3.31. The van der Waals surface area contributed by atoms with Crippen molar-refractivity contribution < 1.29 is 8.42 Å². The molecule has 2 rings (SSSR count). The van der Waals surface area contributed by atoms with Crippen molar-refractivity contribution in [2.45, 2.75) is 30.7 Å². The number of anilines is 1. The van der Waals surface area contributed by atoms with Crippen molar-refractivity contribution in [3.8, 4) is 0 Å². The van der Waals surface area contributed by atoms with Crippen molar-refractivity contribution in [3.63, 3.8) is 0 Å². The van der Waals surface area contributed by atoms with Gasteiger partial charge in [-0.1, -0.05) is 19.1 Å². The Morgan fingerprint density at radius 3 is 2.80 bits per heavy atom. The predicted octanol–water partition coefficient (Wildman–Crippen LogP) is 1.17. The Labute approximate surface area is 121 Å². The SMILES string of the molecule is CCCNS(=O)(=O)c1ccccc1N(C)C1CCNC1. The van der Waals surface area contributed by atoms with Crippen LogP contribution < -0.4 is 14.9 Å². The smallest absolute Gasteiger partial charge is 0.242 e. The maximum Gasteiger partial charge on any atom is 0.242 e. The normalized spacial score (nSPS) is 19.2. The zero-order valence-corrected chi connectivity index (χ0v) is 12.9. The maximum atomic E-state index is 12.4. The third-order valence-electron chi connectivity index (χ3n) is 3.66. The van der Waals surface area contributed by atoms with Gasteiger partial charge >= 0.3 is 0 Å². The minimum atomic E-state index is -3.44. The van der Waals surface area contributed by atoms with Gasteiger partial charge in [0.2, 0.25) is 10.0 Å². The molecule has 5 nitrogen and oxygen atoms in total. The average molecular weight is 297 g/mol. The lowest BCUT2D eigenvalue weighted by Crippen LogP contribution is -2.35. The molecule has 0 aromatic heterocycles. The molecule has 1 aromatic rings. The summed E-state index contributed by atoms with van der Waals surface area (Å²) in [6, 6.07) is 7.54. The number of nitrogens with zero attached hydrogens (tertiary/aromatic N) is 1. The lowest BCUT2D eigenvalue weighted by atomic mass is 10.2. The number of hydrogen-bond acceptors (Lipinski definition) is 4. The topological polar surface area (TPSA) is 61.4 Å². The van der Waals surface area contributed by atoms with Crippen LogP contribution in [0.15, 0.2) is 29.2 Å². The van der Waals surface area contributed by atoms with E-state index in [0.717, 1.165) is 31.6 Å². The van der Waals surface area contributed by atoms with E-state index in [1.165, 1.54) is 0 Å². The minimum Gasteiger partial charge on any atom is -0.369 e. The standard InChI is InChI=1S/C14H23N3O2S/c1-3-9-16-20(18,19)14-7-5-4-6-13(14)17(2)12-8-10-15-11-12/h4-7,12,15-16H,3,8-11H2,1-2H3. The van der Waals surface area contributed by atoms with Crippen molar-refractivity contribution in [2.75, 3.05) is 31.6 Å². The van der Waals surface area contributed by atoms with Gasteiger partial charge in [0.15, 0.2) is 0 Å². The number of benzene rings is 1. The quantitative estimate of drug-likeness (QED) is 0.827. The molecule has 0 spiro atoms. The van der Waals surface area contributed by atoms with Gasteiger partial charge < -0.3 is 10.2 Å². The average Bonchev–Trinajstić information content (AvgIpc) is 2.98. The highest BCUT2D eigenvalue weighted by Gasteiger charge is 2.25. The summed E-state index contributed by atoms with van der Waals surface area (Å²) in [4.78, 5) is 2.43. The van der Waals surface area contributed by atoms with Crippen LogP contribution in [0, 0.1) is 0 Å². The van der Waals surface area contributed by atoms with Crippen LogP contribution in [-0.2, 0) is 10.0 Å². The fourth-order valence-corrected chi connectivity index (χ4v) is 3.83. The van der Waals surface area contributed by atoms with Crippen molar-refractivity contribution >= 4 is 15.7 Å². The highest BCUT2D eigenvalue weighted by atomic mass is 32.2. The van der Waals surface area contributed by atoms with Gasteiger partial charge in [0, 0.05) is 26.2 Å². The Kier molecular flexibility index (Phi) is 5.01. The zero-order valence-electron chi connectivity index (χ0n) is 12.1. The first-order valence-corrected chi connectivity index (χ1v) is 8.57. The zero-order chi connectivity index (χ0) is 14.6. The predicted molar refractivity (Wildman–Crippen MR) is 81.6 cm³/mol. The first-order chi connectivity index (χ1) is 9.56. The van der Waals surface area contributed by atoms with E-state index in [4.69, 9.17) is 0 Å². The molecule has 2 N–H and O–H groups in total. The summed E-state index contributed by atoms with van der Waals surface area (Å²) in [6.45, 7) is 4.29. The molecule has 1 heterocycles. The largest absolute Gasteiger partial charge is 0.369 e. The molecular formula is C14H23N3O2S. The molecule has 1 aliphatic heterocycles. The van der Waals surface area contributed by atoms with Gasteiger partial charge in [0.25, 0.3) is 0 Å². The summed E-state index contributed by atoms with van der Waals surface area (Å²) in [6.07, 6.45) is 1.82. The van der Waals surface area contributed by atoms with E-state index >= 15 is 0 Å². The van der Waals surface area contributed by atoms with Gasteiger partial charge in [0.1, 0.15) is 4.90 Å². The van der Waals surface area contributed by atoms with E-state index in [0.29, 0.717) is 17.5 Å². The fourth-order valence-electron chi connectivity index (χ4n) is 2.46. The molecule has 0 bridgehead atoms. The number of nitrogens with one attached hydrogen (secondary N) is 2. The van der Waals surface area contributed by atoms with E-state index in [1.807, 2.05) is 26.1 Å². The first-order valence-electron chi connectivity index (χ1n) is 7.08. The Hall–Kier alpha value is -1.11. The van der Waals surface area contributed by atoms with E-state index in [9.17, 15) is 8.42 Å². The third kappa shape index (κ3) is 3.31. The summed E-state index contributed by atoms with van der Waals surface area (Å²) in [7, 11) is -1.48. The van der Waals surface area contributed by atoms with Crippen molar-refractivity contribution in [1.82, 2.24) is 10.0 Å². The monoisotopic (exact) mass is 297 g/mol. The second-order valence-electron chi connectivity index (χ2n) is 5.12. The van der Waals surface area contributed by atoms with E-state index < -0.39 is 10.0 Å². The van der Waals surface area contributed by atoms with Crippen LogP contribution >= 0.6 is 0 Å². The van der Waals surface area contributed by atoms with Gasteiger partial charge in [-0.3, -0.25) is 0 Å². The van der Waals surface area contributed by atoms with Crippen molar-refractivity contribution in [1.29, 1.82) is 0 Å². The second-order valence-corrected chi connectivity index (χ2v) is 6.86. The van der Waals surface area contributed by atoms with Gasteiger partial charge in [-0.2, -0.15) is 0 Å². The molecule has 1 aliphatic rings. The molecule has 0 radical (unpaired) electrons. The van der Waals surface area contributed by atoms with Crippen LogP contribution in [0.5, 0.6) is 0 Å². The van der Waals surface area contributed by atoms with Crippen LogP contribution in [0.2, 0.25) is 0 Å². The van der Waals surface area contributed by atoms with Crippen molar-refractivity contribution in [2.24, 2.45) is 0 Å². The molecule has 0 aliphatic carbocycles. The number of likely N-dealkylation sites (N-methyl/N-ethyl adjacent to an activating group) is 1. The number of rotatable bonds is 6. The number of sulfonamides is 1. The molecular weight excluding hydrogens is 274 g/mol. The number of para-hydroxylation sites is 1. The van der Waals surface area contributed by atoms with Gasteiger partial charge in [-0.05, 0) is 31.5 Å². The minimum absolute atomic E-state index is 0.345. The maximum absolute atomic E-state index is 12.4. The molecule has 1 atom stereocenters. The third-order valence-corrected chi connectivity index (χ3v) is 5.17. The van der Waals surface area contributed by atoms with E-state index in [2.05, 4.69) is 14.9 Å². The molecule has 1 unspecified atom stereocenters. The van der Waals surface area contributed by atoms with E-state index in [-0.39, 0.29) is 0 Å². The van der Waals surface area contributed by atoms with Gasteiger partial charge in [-0.15, -0.1) is 0 Å². The highest BCUT2D eigenvalue weighted by Crippen LogP contribution is 2.26. The molecule has 112 valence electrons. The first kappa shape index (κ1) is 15.3. The lowest BCUT2D eigenvalue weighted by Gasteiger charge is -2.28. The molecule has 1 saturated heterocycles. The van der Waals surface area contributed by atoms with Crippen LogP contribution in [0.1, 0.15) is 19.8 Å². The second kappa shape index (κ2) is 6.56. The summed E-state index contributed by atoms with van der Waals surface area (Å²) < 4.78 is 27.4. The molecule has 0 saturated carbocycles. The molecule has 1 fully saturated rings. The summed E-state index contributed by atoms with van der Waals surface area (Å²) >= 11 is 0. The Bertz CT molecular complexity index is 539. The molecule has 6 heteroatoms. The van der Waals surface area contributed by atoms with Gasteiger partial charge in [0.05, 0.1) is 5.69 Å². The van der Waals surface area contributed by atoms with E-state index in [1.54, 1.807) is 12.1 Å². The molecule has 20 heavy (non-hydrogen) atoms. The lowest BCUT2D eigenvalue weighted by molar-refractivity contribution is 0.579. The fraction of sp³-hybridized carbons (Fsp3) is 0.571. The number of hydrogen-bond donors (Lipinski definition) is 2. The van der Waals surface area contributed by atoms with Gasteiger partial charge in [-0.25, -0.2) is 13.1 Å². The Morgan fingerprint density at radius 1 is 1.40 bits per heavy atom. The van der Waals surface area contributed by atoms with Crippen LogP contribution in [0.25, 0.3) is 0 Å². The Balaban J connectivity index is 2.30. The Morgan fingerprint density at radius 2 is 2.15 bits per heavy atom. The highest BCUT2D eigenvalue weighted by molar-refractivity contribution is 7.89. The molecule has 1 aromatic carbocycles. The van der Waals surface area contributed by atoms with Crippen LogP contribution in [-0.4, -0.2) is 41.1 Å². The van der Waals surface area contributed by atoms with Crippen molar-refractivity contribution in [3.05, 3.63) is 24.3 Å².